The minimum Gasteiger partial charge on any atom is -0.387 e. The van der Waals surface area contributed by atoms with E-state index >= 15 is 0 Å². The van der Waals surface area contributed by atoms with Crippen LogP contribution in [0.2, 0.25) is 0 Å². The van der Waals surface area contributed by atoms with Gasteiger partial charge in [-0.2, -0.15) is 0 Å². The largest absolute Gasteiger partial charge is 0.387 e. The second kappa shape index (κ2) is 3.50. The molecule has 16 heavy (non-hydrogen) atoms. The zero-order valence-corrected chi connectivity index (χ0v) is 9.27. The first-order chi connectivity index (χ1) is 7.79. The maximum absolute atomic E-state index is 10.3. The first-order valence-corrected chi connectivity index (χ1v) is 5.76. The van der Waals surface area contributed by atoms with Gasteiger partial charge in [-0.3, -0.25) is 0 Å². The molecule has 1 saturated carbocycles. The molecule has 0 radical (unpaired) electrons. The Hall–Kier alpha value is -1.52. The van der Waals surface area contributed by atoms with Gasteiger partial charge in [-0.25, -0.2) is 0 Å². The molecule has 0 saturated heterocycles. The maximum atomic E-state index is 10.3. The van der Waals surface area contributed by atoms with Crippen LogP contribution in [0.25, 0.3) is 0 Å². The van der Waals surface area contributed by atoms with Crippen molar-refractivity contribution in [3.05, 3.63) is 58.6 Å². The number of aliphatic hydroxyl groups excluding tert-OH is 1. The molecule has 80 valence electrons. The molecule has 0 aromatic rings. The maximum Gasteiger partial charge on any atom is 0.0902 e. The van der Waals surface area contributed by atoms with Crippen LogP contribution in [0, 0.1) is 11.8 Å². The van der Waals surface area contributed by atoms with Gasteiger partial charge in [-0.15, -0.1) is 11.5 Å². The zero-order valence-electron chi connectivity index (χ0n) is 9.27. The first-order valence-electron chi connectivity index (χ1n) is 5.76. The molecule has 3 unspecified atom stereocenters. The number of aliphatic hydroxyl groups is 1. The molecule has 1 nitrogen and oxygen atoms in total. The van der Waals surface area contributed by atoms with Crippen LogP contribution in [-0.4, -0.2) is 11.2 Å². The first kappa shape index (κ1) is 9.69. The summed E-state index contributed by atoms with van der Waals surface area (Å²) in [6.07, 6.45) is 10.6. The van der Waals surface area contributed by atoms with Crippen molar-refractivity contribution in [1.82, 2.24) is 0 Å². The molecule has 3 atom stereocenters. The summed E-state index contributed by atoms with van der Waals surface area (Å²) in [4.78, 5) is 0. The van der Waals surface area contributed by atoms with Gasteiger partial charge in [-0.05, 0) is 29.7 Å². The van der Waals surface area contributed by atoms with E-state index in [0.717, 1.165) is 17.6 Å². The van der Waals surface area contributed by atoms with Gasteiger partial charge in [-0.1, -0.05) is 25.2 Å². The predicted octanol–water partition coefficient (Wildman–Crippen LogP) is 2.68. The van der Waals surface area contributed by atoms with Crippen LogP contribution < -0.4 is 0 Å². The Morgan fingerprint density at radius 2 is 2.25 bits per heavy atom. The topological polar surface area (TPSA) is 20.2 Å². The second-order valence-corrected chi connectivity index (χ2v) is 4.50. The van der Waals surface area contributed by atoms with Crippen molar-refractivity contribution in [2.75, 3.05) is 0 Å². The standard InChI is InChI=1S/C15H14O/c1-10-11-6-2-4-8-13(11)15(16)14-9-5-3-7-12(10)14/h2-4,8-10,13,15-16H,5H2,1H3. The summed E-state index contributed by atoms with van der Waals surface area (Å²) in [5.41, 5.74) is 9.97. The Kier molecular flexibility index (Phi) is 2.12. The molecular weight excluding hydrogens is 196 g/mol. The monoisotopic (exact) mass is 210 g/mol. The van der Waals surface area contributed by atoms with Gasteiger partial charge in [0.15, 0.2) is 0 Å². The van der Waals surface area contributed by atoms with Crippen LogP contribution in [0.4, 0.5) is 0 Å². The second-order valence-electron chi connectivity index (χ2n) is 4.50. The van der Waals surface area contributed by atoms with E-state index in [1.165, 1.54) is 5.57 Å². The fraction of sp³-hybridized carbons (Fsp3) is 0.333. The number of allylic oxidation sites excluding steroid dienone is 2. The molecule has 1 fully saturated rings. The number of fused-ring (bicyclic) bond motifs is 2. The van der Waals surface area contributed by atoms with Gasteiger partial charge in [0.25, 0.3) is 0 Å². The lowest BCUT2D eigenvalue weighted by atomic mass is 9.69. The molecular formula is C15H14O. The number of hydrogen-bond acceptors (Lipinski definition) is 1. The highest BCUT2D eigenvalue weighted by atomic mass is 16.3. The summed E-state index contributed by atoms with van der Waals surface area (Å²) in [6.45, 7) is 2.17. The summed E-state index contributed by atoms with van der Waals surface area (Å²) in [7, 11) is 0. The van der Waals surface area contributed by atoms with Gasteiger partial charge in [0, 0.05) is 17.4 Å². The Morgan fingerprint density at radius 1 is 1.38 bits per heavy atom. The Bertz CT molecular complexity index is 518. The Balaban J connectivity index is 2.18. The van der Waals surface area contributed by atoms with E-state index in [4.69, 9.17) is 0 Å². The molecule has 0 bridgehead atoms. The average Bonchev–Trinajstić information content (AvgIpc) is 2.36. The number of hydrogen-bond donors (Lipinski definition) is 1. The van der Waals surface area contributed by atoms with Gasteiger partial charge in [0.1, 0.15) is 0 Å². The van der Waals surface area contributed by atoms with E-state index in [2.05, 4.69) is 30.5 Å². The van der Waals surface area contributed by atoms with Crippen LogP contribution in [0.1, 0.15) is 13.3 Å². The molecule has 3 rings (SSSR count). The average molecular weight is 210 g/mol. The highest BCUT2D eigenvalue weighted by Gasteiger charge is 2.37. The van der Waals surface area contributed by atoms with Crippen LogP contribution in [0.3, 0.4) is 0 Å². The van der Waals surface area contributed by atoms with Crippen molar-refractivity contribution in [3.8, 4) is 0 Å². The third kappa shape index (κ3) is 1.24. The molecule has 0 aromatic heterocycles. The van der Waals surface area contributed by atoms with Crippen LogP contribution in [0.5, 0.6) is 0 Å². The van der Waals surface area contributed by atoms with Crippen molar-refractivity contribution >= 4 is 0 Å². The van der Waals surface area contributed by atoms with E-state index in [-0.39, 0.29) is 5.92 Å². The summed E-state index contributed by atoms with van der Waals surface area (Å²) < 4.78 is 0. The smallest absolute Gasteiger partial charge is 0.0902 e. The summed E-state index contributed by atoms with van der Waals surface area (Å²) in [5.74, 6) is 0.423. The molecule has 3 aliphatic rings. The van der Waals surface area contributed by atoms with Crippen molar-refractivity contribution in [1.29, 1.82) is 0 Å². The Morgan fingerprint density at radius 3 is 3.12 bits per heavy atom. The lowest BCUT2D eigenvalue weighted by molar-refractivity contribution is 0.167. The predicted molar refractivity (Wildman–Crippen MR) is 63.7 cm³/mol. The van der Waals surface area contributed by atoms with E-state index in [0.29, 0.717) is 5.92 Å². The van der Waals surface area contributed by atoms with Crippen LogP contribution in [0.15, 0.2) is 58.6 Å². The van der Waals surface area contributed by atoms with Gasteiger partial charge >= 0.3 is 0 Å². The molecule has 0 amide bonds. The fourth-order valence-corrected chi connectivity index (χ4v) is 2.76. The SMILES string of the molecule is CC1C2=C=CCC=C2C(O)C2C=CC=C=C12. The zero-order chi connectivity index (χ0) is 11.1. The van der Waals surface area contributed by atoms with Crippen LogP contribution in [-0.2, 0) is 0 Å². The highest BCUT2D eigenvalue weighted by Crippen LogP contribution is 2.43. The van der Waals surface area contributed by atoms with Crippen LogP contribution >= 0.6 is 0 Å². The fourth-order valence-electron chi connectivity index (χ4n) is 2.76. The van der Waals surface area contributed by atoms with Gasteiger partial charge < -0.3 is 5.11 Å². The highest BCUT2D eigenvalue weighted by molar-refractivity contribution is 5.49. The van der Waals surface area contributed by atoms with E-state index in [1.807, 2.05) is 18.2 Å². The van der Waals surface area contributed by atoms with Crippen molar-refractivity contribution in [2.45, 2.75) is 19.4 Å². The molecule has 1 heteroatoms. The minimum atomic E-state index is -0.417. The van der Waals surface area contributed by atoms with Crippen molar-refractivity contribution in [2.24, 2.45) is 11.8 Å². The molecule has 0 spiro atoms. The van der Waals surface area contributed by atoms with Crippen molar-refractivity contribution in [3.63, 3.8) is 0 Å². The molecule has 3 aliphatic carbocycles. The quantitative estimate of drug-likeness (QED) is 0.609. The van der Waals surface area contributed by atoms with E-state index in [1.54, 1.807) is 0 Å². The third-order valence-electron chi connectivity index (χ3n) is 3.61. The van der Waals surface area contributed by atoms with Gasteiger partial charge in [0.05, 0.1) is 6.10 Å². The lowest BCUT2D eigenvalue weighted by Gasteiger charge is -2.36. The molecule has 0 aromatic carbocycles. The Labute approximate surface area is 95.5 Å². The van der Waals surface area contributed by atoms with Crippen molar-refractivity contribution < 1.29 is 5.11 Å². The third-order valence-corrected chi connectivity index (χ3v) is 3.61. The lowest BCUT2D eigenvalue weighted by Crippen LogP contribution is -2.34. The normalized spacial score (nSPS) is 34.9. The number of rotatable bonds is 0. The van der Waals surface area contributed by atoms with E-state index in [9.17, 15) is 5.11 Å². The van der Waals surface area contributed by atoms with Gasteiger partial charge in [0.2, 0.25) is 0 Å². The van der Waals surface area contributed by atoms with E-state index < -0.39 is 6.10 Å². The molecule has 0 heterocycles. The minimum absolute atomic E-state index is 0.106. The summed E-state index contributed by atoms with van der Waals surface area (Å²) >= 11 is 0. The summed E-state index contributed by atoms with van der Waals surface area (Å²) in [5, 5.41) is 10.3. The molecule has 1 N–H and O–H groups in total. The summed E-state index contributed by atoms with van der Waals surface area (Å²) in [6, 6.07) is 0. The molecule has 0 aliphatic heterocycles.